The largest absolute Gasteiger partial charge is 0.257 e. The lowest BCUT2D eigenvalue weighted by Gasteiger charge is -2.15. The van der Waals surface area contributed by atoms with Crippen molar-refractivity contribution in [1.82, 2.24) is 9.97 Å². The fourth-order valence-corrected chi connectivity index (χ4v) is 1.66. The Bertz CT molecular complexity index is 315. The van der Waals surface area contributed by atoms with Gasteiger partial charge in [0.2, 0.25) is 0 Å². The number of hydrogen-bond acceptors (Lipinski definition) is 2. The van der Waals surface area contributed by atoms with Gasteiger partial charge in [-0.2, -0.15) is 0 Å². The predicted octanol–water partition coefficient (Wildman–Crippen LogP) is 2.22. The van der Waals surface area contributed by atoms with E-state index >= 15 is 0 Å². The lowest BCUT2D eigenvalue weighted by atomic mass is 9.95. The summed E-state index contributed by atoms with van der Waals surface area (Å²) >= 11 is 0. The SMILES string of the molecule is CC=C1CCCc2nccnc21. The van der Waals surface area contributed by atoms with Crippen molar-refractivity contribution >= 4 is 5.57 Å². The highest BCUT2D eigenvalue weighted by Crippen LogP contribution is 2.26. The number of nitrogens with zero attached hydrogens (tertiary/aromatic N) is 2. The van der Waals surface area contributed by atoms with Gasteiger partial charge in [0.05, 0.1) is 11.4 Å². The highest BCUT2D eigenvalue weighted by atomic mass is 14.8. The minimum Gasteiger partial charge on any atom is -0.257 e. The van der Waals surface area contributed by atoms with Crippen molar-refractivity contribution in [3.63, 3.8) is 0 Å². The number of rotatable bonds is 0. The van der Waals surface area contributed by atoms with Gasteiger partial charge in [0.15, 0.2) is 0 Å². The summed E-state index contributed by atoms with van der Waals surface area (Å²) in [5.41, 5.74) is 3.63. The zero-order chi connectivity index (χ0) is 8.39. The maximum atomic E-state index is 4.34. The molecule has 1 heterocycles. The molecule has 0 unspecified atom stereocenters. The topological polar surface area (TPSA) is 25.8 Å². The number of allylic oxidation sites excluding steroid dienone is 2. The summed E-state index contributed by atoms with van der Waals surface area (Å²) < 4.78 is 0. The maximum absolute atomic E-state index is 4.34. The molecule has 0 aliphatic heterocycles. The van der Waals surface area contributed by atoms with Crippen molar-refractivity contribution in [3.05, 3.63) is 29.9 Å². The predicted molar refractivity (Wildman–Crippen MR) is 48.6 cm³/mol. The van der Waals surface area contributed by atoms with E-state index in [1.807, 2.05) is 0 Å². The Morgan fingerprint density at radius 1 is 1.25 bits per heavy atom. The van der Waals surface area contributed by atoms with Gasteiger partial charge in [0.1, 0.15) is 0 Å². The van der Waals surface area contributed by atoms with E-state index in [0.29, 0.717) is 0 Å². The van der Waals surface area contributed by atoms with Crippen LogP contribution in [0, 0.1) is 0 Å². The van der Waals surface area contributed by atoms with E-state index in [2.05, 4.69) is 23.0 Å². The molecule has 1 aliphatic carbocycles. The van der Waals surface area contributed by atoms with Crippen molar-refractivity contribution in [2.75, 3.05) is 0 Å². The Balaban J connectivity index is 2.51. The highest BCUT2D eigenvalue weighted by molar-refractivity contribution is 5.65. The molecule has 12 heavy (non-hydrogen) atoms. The average molecular weight is 160 g/mol. The van der Waals surface area contributed by atoms with Gasteiger partial charge < -0.3 is 0 Å². The molecule has 0 aromatic carbocycles. The molecule has 0 spiro atoms. The van der Waals surface area contributed by atoms with Gasteiger partial charge in [0, 0.05) is 12.4 Å². The Kier molecular flexibility index (Phi) is 1.90. The molecule has 0 saturated heterocycles. The van der Waals surface area contributed by atoms with Crippen molar-refractivity contribution < 1.29 is 0 Å². The van der Waals surface area contributed by atoms with E-state index in [0.717, 1.165) is 24.2 Å². The molecule has 0 radical (unpaired) electrons. The summed E-state index contributed by atoms with van der Waals surface area (Å²) in [6.07, 6.45) is 9.14. The van der Waals surface area contributed by atoms with Crippen LogP contribution in [0.1, 0.15) is 31.2 Å². The lowest BCUT2D eigenvalue weighted by molar-refractivity contribution is 0.777. The minimum absolute atomic E-state index is 1.08. The number of aromatic nitrogens is 2. The number of fused-ring (bicyclic) bond motifs is 1. The van der Waals surface area contributed by atoms with Gasteiger partial charge in [-0.15, -0.1) is 0 Å². The first-order chi connectivity index (χ1) is 5.92. The zero-order valence-corrected chi connectivity index (χ0v) is 7.25. The van der Waals surface area contributed by atoms with Gasteiger partial charge in [-0.1, -0.05) is 6.08 Å². The van der Waals surface area contributed by atoms with E-state index in [1.54, 1.807) is 12.4 Å². The molecule has 0 amide bonds. The molecular weight excluding hydrogens is 148 g/mol. The number of hydrogen-bond donors (Lipinski definition) is 0. The molecule has 1 aromatic heterocycles. The molecule has 62 valence electrons. The molecular formula is C10H12N2. The van der Waals surface area contributed by atoms with Gasteiger partial charge >= 0.3 is 0 Å². The first-order valence-electron chi connectivity index (χ1n) is 4.37. The second kappa shape index (κ2) is 3.05. The van der Waals surface area contributed by atoms with Crippen LogP contribution in [0.3, 0.4) is 0 Å². The van der Waals surface area contributed by atoms with E-state index in [1.165, 1.54) is 12.0 Å². The third kappa shape index (κ3) is 1.13. The monoisotopic (exact) mass is 160 g/mol. The Hall–Kier alpha value is -1.18. The molecule has 2 nitrogen and oxygen atoms in total. The molecule has 0 bridgehead atoms. The van der Waals surface area contributed by atoms with Gasteiger partial charge in [-0.25, -0.2) is 0 Å². The quantitative estimate of drug-likeness (QED) is 0.581. The van der Waals surface area contributed by atoms with Crippen molar-refractivity contribution in [3.8, 4) is 0 Å². The Morgan fingerprint density at radius 2 is 2.08 bits per heavy atom. The van der Waals surface area contributed by atoms with Gasteiger partial charge in [-0.3, -0.25) is 9.97 Å². The third-order valence-electron chi connectivity index (χ3n) is 2.29. The van der Waals surface area contributed by atoms with E-state index in [9.17, 15) is 0 Å². The van der Waals surface area contributed by atoms with E-state index in [4.69, 9.17) is 0 Å². The summed E-state index contributed by atoms with van der Waals surface area (Å²) in [7, 11) is 0. The fourth-order valence-electron chi connectivity index (χ4n) is 1.66. The van der Waals surface area contributed by atoms with Crippen LogP contribution >= 0.6 is 0 Å². The van der Waals surface area contributed by atoms with Gasteiger partial charge in [0.25, 0.3) is 0 Å². The molecule has 0 atom stereocenters. The highest BCUT2D eigenvalue weighted by Gasteiger charge is 2.14. The first kappa shape index (κ1) is 7.47. The van der Waals surface area contributed by atoms with Crippen LogP contribution in [0.25, 0.3) is 5.57 Å². The van der Waals surface area contributed by atoms with Crippen LogP contribution in [-0.2, 0) is 6.42 Å². The van der Waals surface area contributed by atoms with Crippen LogP contribution in [0.5, 0.6) is 0 Å². The molecule has 1 aromatic rings. The summed E-state index contributed by atoms with van der Waals surface area (Å²) in [6.45, 7) is 2.07. The van der Waals surface area contributed by atoms with Crippen LogP contribution in [-0.4, -0.2) is 9.97 Å². The third-order valence-corrected chi connectivity index (χ3v) is 2.29. The normalized spacial score (nSPS) is 19.2. The van der Waals surface area contributed by atoms with Crippen LogP contribution < -0.4 is 0 Å². The second-order valence-electron chi connectivity index (χ2n) is 3.02. The smallest absolute Gasteiger partial charge is 0.0873 e. The molecule has 0 N–H and O–H groups in total. The van der Waals surface area contributed by atoms with Crippen LogP contribution in [0.2, 0.25) is 0 Å². The van der Waals surface area contributed by atoms with Crippen molar-refractivity contribution in [2.45, 2.75) is 26.2 Å². The summed E-state index contributed by atoms with van der Waals surface area (Å²) in [6, 6.07) is 0. The number of aryl methyl sites for hydroxylation is 1. The molecule has 2 rings (SSSR count). The Labute approximate surface area is 72.4 Å². The van der Waals surface area contributed by atoms with Crippen molar-refractivity contribution in [2.24, 2.45) is 0 Å². The van der Waals surface area contributed by atoms with Crippen LogP contribution in [0.4, 0.5) is 0 Å². The summed E-state index contributed by atoms with van der Waals surface area (Å²) in [4.78, 5) is 8.65. The van der Waals surface area contributed by atoms with Crippen molar-refractivity contribution in [1.29, 1.82) is 0 Å². The molecule has 0 saturated carbocycles. The lowest BCUT2D eigenvalue weighted by Crippen LogP contribution is -2.05. The van der Waals surface area contributed by atoms with E-state index in [-0.39, 0.29) is 0 Å². The minimum atomic E-state index is 1.08. The Morgan fingerprint density at radius 3 is 2.92 bits per heavy atom. The molecule has 0 fully saturated rings. The van der Waals surface area contributed by atoms with Gasteiger partial charge in [-0.05, 0) is 31.8 Å². The molecule has 1 aliphatic rings. The maximum Gasteiger partial charge on any atom is 0.0873 e. The standard InChI is InChI=1S/C10H12N2/c1-2-8-4-3-5-9-10(8)12-7-6-11-9/h2,6-7H,3-5H2,1H3. The summed E-state index contributed by atoms with van der Waals surface area (Å²) in [5.74, 6) is 0. The summed E-state index contributed by atoms with van der Waals surface area (Å²) in [5, 5.41) is 0. The van der Waals surface area contributed by atoms with Crippen LogP contribution in [0.15, 0.2) is 18.5 Å². The molecule has 2 heteroatoms. The first-order valence-corrected chi connectivity index (χ1v) is 4.37. The second-order valence-corrected chi connectivity index (χ2v) is 3.02. The van der Waals surface area contributed by atoms with E-state index < -0.39 is 0 Å². The fraction of sp³-hybridized carbons (Fsp3) is 0.400. The average Bonchev–Trinajstić information content (AvgIpc) is 2.17. The zero-order valence-electron chi connectivity index (χ0n) is 7.25.